The summed E-state index contributed by atoms with van der Waals surface area (Å²) in [5.41, 5.74) is 2.16. The van der Waals surface area contributed by atoms with E-state index < -0.39 is 0 Å². The summed E-state index contributed by atoms with van der Waals surface area (Å²) < 4.78 is 12.5. The van der Waals surface area contributed by atoms with Crippen molar-refractivity contribution in [2.24, 2.45) is 0 Å². The molecular formula is C19H18N4O2S. The highest BCUT2D eigenvalue weighted by Crippen LogP contribution is 2.28. The number of fused-ring (bicyclic) bond motifs is 1. The van der Waals surface area contributed by atoms with E-state index in [0.717, 1.165) is 46.3 Å². The van der Waals surface area contributed by atoms with Gasteiger partial charge in [0, 0.05) is 12.6 Å². The standard InChI is InChI=1S/C19H18N4O2S/c1-24-15-7-5-13(12-16(15)25-2)6-8-18-21-19-20-10-9-14(23(19)22-18)17-4-3-11-26-17/h3-5,7,9-12H,6,8H2,1-2H3. The van der Waals surface area contributed by atoms with Crippen LogP contribution in [0.2, 0.25) is 0 Å². The fourth-order valence-corrected chi connectivity index (χ4v) is 3.58. The van der Waals surface area contributed by atoms with Crippen LogP contribution in [-0.4, -0.2) is 33.8 Å². The van der Waals surface area contributed by atoms with Gasteiger partial charge in [0.25, 0.3) is 5.78 Å². The van der Waals surface area contributed by atoms with Crippen LogP contribution in [0.25, 0.3) is 16.3 Å². The lowest BCUT2D eigenvalue weighted by Crippen LogP contribution is -1.97. The van der Waals surface area contributed by atoms with E-state index in [1.54, 1.807) is 31.8 Å². The molecule has 0 atom stereocenters. The fourth-order valence-electron chi connectivity index (χ4n) is 2.84. The predicted molar refractivity (Wildman–Crippen MR) is 101 cm³/mol. The molecule has 26 heavy (non-hydrogen) atoms. The number of ether oxygens (including phenoxy) is 2. The summed E-state index contributed by atoms with van der Waals surface area (Å²) in [6, 6.07) is 12.0. The molecule has 0 radical (unpaired) electrons. The zero-order chi connectivity index (χ0) is 17.9. The van der Waals surface area contributed by atoms with Crippen LogP contribution >= 0.6 is 11.3 Å². The van der Waals surface area contributed by atoms with Crippen molar-refractivity contribution in [1.82, 2.24) is 19.6 Å². The Bertz CT molecular complexity index is 1030. The first-order chi connectivity index (χ1) is 12.8. The molecule has 0 saturated carbocycles. The minimum atomic E-state index is 0.623. The summed E-state index contributed by atoms with van der Waals surface area (Å²) in [4.78, 5) is 10.0. The van der Waals surface area contributed by atoms with E-state index in [1.165, 1.54) is 0 Å². The molecule has 0 aliphatic rings. The molecule has 0 amide bonds. The van der Waals surface area contributed by atoms with Crippen LogP contribution in [0.3, 0.4) is 0 Å². The van der Waals surface area contributed by atoms with Gasteiger partial charge in [0.05, 0.1) is 24.8 Å². The van der Waals surface area contributed by atoms with Gasteiger partial charge >= 0.3 is 0 Å². The van der Waals surface area contributed by atoms with Crippen LogP contribution in [0.1, 0.15) is 11.4 Å². The number of hydrogen-bond donors (Lipinski definition) is 0. The van der Waals surface area contributed by atoms with Crippen molar-refractivity contribution in [3.05, 3.63) is 59.4 Å². The third kappa shape index (κ3) is 3.13. The Kier molecular flexibility index (Phi) is 4.53. The van der Waals surface area contributed by atoms with Crippen LogP contribution < -0.4 is 9.47 Å². The molecule has 132 valence electrons. The molecule has 0 aliphatic carbocycles. The normalized spacial score (nSPS) is 11.0. The van der Waals surface area contributed by atoms with Crippen LogP contribution in [0.4, 0.5) is 0 Å². The minimum Gasteiger partial charge on any atom is -0.493 e. The second-order valence-corrected chi connectivity index (χ2v) is 6.68. The van der Waals surface area contributed by atoms with Gasteiger partial charge in [-0.2, -0.15) is 9.50 Å². The minimum absolute atomic E-state index is 0.623. The number of aromatic nitrogens is 4. The van der Waals surface area contributed by atoms with Crippen LogP contribution in [0.5, 0.6) is 11.5 Å². The summed E-state index contributed by atoms with van der Waals surface area (Å²) >= 11 is 1.68. The van der Waals surface area contributed by atoms with Crippen molar-refractivity contribution >= 4 is 17.1 Å². The van der Waals surface area contributed by atoms with Gasteiger partial charge in [-0.05, 0) is 41.6 Å². The largest absolute Gasteiger partial charge is 0.493 e. The number of thiophene rings is 1. The summed E-state index contributed by atoms with van der Waals surface area (Å²) in [7, 11) is 3.28. The van der Waals surface area contributed by atoms with E-state index in [4.69, 9.17) is 9.47 Å². The molecular weight excluding hydrogens is 348 g/mol. The molecule has 0 saturated heterocycles. The second kappa shape index (κ2) is 7.13. The highest BCUT2D eigenvalue weighted by atomic mass is 32.1. The lowest BCUT2D eigenvalue weighted by atomic mass is 10.1. The van der Waals surface area contributed by atoms with Gasteiger partial charge in [0.15, 0.2) is 17.3 Å². The maximum absolute atomic E-state index is 5.36. The number of hydrogen-bond acceptors (Lipinski definition) is 6. The topological polar surface area (TPSA) is 61.5 Å². The van der Waals surface area contributed by atoms with Crippen LogP contribution in [-0.2, 0) is 12.8 Å². The molecule has 0 bridgehead atoms. The van der Waals surface area contributed by atoms with E-state index in [-0.39, 0.29) is 0 Å². The molecule has 0 N–H and O–H groups in total. The third-order valence-electron chi connectivity index (χ3n) is 4.14. The number of nitrogens with zero attached hydrogens (tertiary/aromatic N) is 4. The number of methoxy groups -OCH3 is 2. The van der Waals surface area contributed by atoms with Gasteiger partial charge in [-0.1, -0.05) is 12.1 Å². The van der Waals surface area contributed by atoms with Crippen molar-refractivity contribution in [2.45, 2.75) is 12.8 Å². The van der Waals surface area contributed by atoms with Crippen LogP contribution in [0.15, 0.2) is 48.0 Å². The Morgan fingerprint density at radius 2 is 1.92 bits per heavy atom. The van der Waals surface area contributed by atoms with E-state index >= 15 is 0 Å². The van der Waals surface area contributed by atoms with Crippen molar-refractivity contribution < 1.29 is 9.47 Å². The molecule has 6 nitrogen and oxygen atoms in total. The molecule has 0 fully saturated rings. The maximum atomic E-state index is 5.36. The van der Waals surface area contributed by atoms with Crippen molar-refractivity contribution in [3.63, 3.8) is 0 Å². The summed E-state index contributed by atoms with van der Waals surface area (Å²) in [6.45, 7) is 0. The molecule has 7 heteroatoms. The van der Waals surface area contributed by atoms with Gasteiger partial charge < -0.3 is 9.47 Å². The van der Waals surface area contributed by atoms with E-state index in [1.807, 2.05) is 34.8 Å². The summed E-state index contributed by atoms with van der Waals surface area (Å²) in [5, 5.41) is 6.71. The lowest BCUT2D eigenvalue weighted by molar-refractivity contribution is 0.354. The van der Waals surface area contributed by atoms with E-state index in [9.17, 15) is 0 Å². The number of rotatable bonds is 6. The van der Waals surface area contributed by atoms with E-state index in [2.05, 4.69) is 26.5 Å². The average Bonchev–Trinajstić information content (AvgIpc) is 3.35. The number of aryl methyl sites for hydroxylation is 2. The Morgan fingerprint density at radius 3 is 2.69 bits per heavy atom. The van der Waals surface area contributed by atoms with Crippen molar-refractivity contribution in [3.8, 4) is 22.1 Å². The molecule has 4 aromatic rings. The smallest absolute Gasteiger partial charge is 0.252 e. The zero-order valence-corrected chi connectivity index (χ0v) is 15.4. The molecule has 1 aromatic carbocycles. The van der Waals surface area contributed by atoms with E-state index in [0.29, 0.717) is 5.78 Å². The summed E-state index contributed by atoms with van der Waals surface area (Å²) in [6.07, 6.45) is 3.31. The van der Waals surface area contributed by atoms with Gasteiger partial charge in [-0.3, -0.25) is 0 Å². The van der Waals surface area contributed by atoms with Crippen molar-refractivity contribution in [2.75, 3.05) is 14.2 Å². The molecule has 4 rings (SSSR count). The fraction of sp³-hybridized carbons (Fsp3) is 0.211. The Labute approximate surface area is 155 Å². The monoisotopic (exact) mass is 366 g/mol. The molecule has 3 aromatic heterocycles. The Hall–Kier alpha value is -2.93. The SMILES string of the molecule is COc1ccc(CCc2nc3nccc(-c4cccs4)n3n2)cc1OC. The number of benzene rings is 1. The van der Waals surface area contributed by atoms with Gasteiger partial charge in [0.2, 0.25) is 0 Å². The first-order valence-corrected chi connectivity index (χ1v) is 9.12. The van der Waals surface area contributed by atoms with Gasteiger partial charge in [-0.15, -0.1) is 16.4 Å². The summed E-state index contributed by atoms with van der Waals surface area (Å²) in [5.74, 6) is 2.86. The van der Waals surface area contributed by atoms with Crippen molar-refractivity contribution in [1.29, 1.82) is 0 Å². The van der Waals surface area contributed by atoms with Crippen LogP contribution in [0, 0.1) is 0 Å². The highest BCUT2D eigenvalue weighted by molar-refractivity contribution is 7.13. The Morgan fingerprint density at radius 1 is 1.04 bits per heavy atom. The first kappa shape index (κ1) is 16.5. The average molecular weight is 366 g/mol. The molecule has 3 heterocycles. The molecule has 0 unspecified atom stereocenters. The third-order valence-corrected chi connectivity index (χ3v) is 5.04. The quantitative estimate of drug-likeness (QED) is 0.521. The molecule has 0 aliphatic heterocycles. The second-order valence-electron chi connectivity index (χ2n) is 5.74. The zero-order valence-electron chi connectivity index (χ0n) is 14.5. The Balaban J connectivity index is 1.58. The first-order valence-electron chi connectivity index (χ1n) is 8.24. The highest BCUT2D eigenvalue weighted by Gasteiger charge is 2.11. The lowest BCUT2D eigenvalue weighted by Gasteiger charge is -2.08. The van der Waals surface area contributed by atoms with Gasteiger partial charge in [-0.25, -0.2) is 4.98 Å². The van der Waals surface area contributed by atoms with Gasteiger partial charge in [0.1, 0.15) is 0 Å². The maximum Gasteiger partial charge on any atom is 0.252 e. The molecule has 0 spiro atoms. The predicted octanol–water partition coefficient (Wildman–Crippen LogP) is 3.66.